The van der Waals surface area contributed by atoms with Gasteiger partial charge in [0.2, 0.25) is 0 Å². The molecule has 0 radical (unpaired) electrons. The summed E-state index contributed by atoms with van der Waals surface area (Å²) in [6.45, 7) is 3.30. The van der Waals surface area contributed by atoms with E-state index in [1.807, 2.05) is 12.3 Å². The van der Waals surface area contributed by atoms with E-state index in [1.54, 1.807) is 11.3 Å². The molecule has 1 N–H and O–H groups in total. The van der Waals surface area contributed by atoms with Crippen molar-refractivity contribution in [2.75, 3.05) is 6.54 Å². The molecule has 1 aromatic heterocycles. The molecule has 1 rings (SSSR count). The standard InChI is InChI=1S/C8H10Cl2N2S/c1-6-5-13-8(12-6)4-11-3-7(10)2-9/h2,5,11H,3-4H2,1H3. The zero-order chi connectivity index (χ0) is 9.68. The molecule has 0 bridgehead atoms. The van der Waals surface area contributed by atoms with Crippen molar-refractivity contribution in [1.82, 2.24) is 10.3 Å². The first-order valence-corrected chi connectivity index (χ1v) is 5.48. The number of nitrogens with zero attached hydrogens (tertiary/aromatic N) is 1. The first-order valence-electron chi connectivity index (χ1n) is 3.79. The smallest absolute Gasteiger partial charge is 0.107 e. The second-order valence-corrected chi connectivity index (χ2v) is 4.19. The summed E-state index contributed by atoms with van der Waals surface area (Å²) in [6, 6.07) is 0. The molecule has 0 spiro atoms. The van der Waals surface area contributed by atoms with Crippen LogP contribution in [0.4, 0.5) is 0 Å². The fraction of sp³-hybridized carbons (Fsp3) is 0.375. The van der Waals surface area contributed by atoms with E-state index in [0.29, 0.717) is 11.6 Å². The van der Waals surface area contributed by atoms with Gasteiger partial charge in [-0.05, 0) is 6.92 Å². The molecule has 0 fully saturated rings. The summed E-state index contributed by atoms with van der Waals surface area (Å²) in [7, 11) is 0. The van der Waals surface area contributed by atoms with Gasteiger partial charge in [0.05, 0.1) is 0 Å². The molecule has 0 aliphatic carbocycles. The van der Waals surface area contributed by atoms with E-state index in [2.05, 4.69) is 10.3 Å². The summed E-state index contributed by atoms with van der Waals surface area (Å²) < 4.78 is 0. The largest absolute Gasteiger partial charge is 0.305 e. The number of hydrogen-bond acceptors (Lipinski definition) is 3. The molecule has 0 amide bonds. The van der Waals surface area contributed by atoms with Crippen LogP contribution in [0.25, 0.3) is 0 Å². The van der Waals surface area contributed by atoms with Gasteiger partial charge in [0.25, 0.3) is 0 Å². The SMILES string of the molecule is Cc1csc(CNCC(Cl)=CCl)n1. The average molecular weight is 237 g/mol. The van der Waals surface area contributed by atoms with Gasteiger partial charge in [-0.25, -0.2) is 4.98 Å². The van der Waals surface area contributed by atoms with Gasteiger partial charge in [-0.1, -0.05) is 23.2 Å². The van der Waals surface area contributed by atoms with Gasteiger partial charge in [-0.15, -0.1) is 11.3 Å². The van der Waals surface area contributed by atoms with Crippen LogP contribution in [0.1, 0.15) is 10.7 Å². The van der Waals surface area contributed by atoms with Crippen molar-refractivity contribution < 1.29 is 0 Å². The lowest BCUT2D eigenvalue weighted by molar-refractivity contribution is 0.748. The average Bonchev–Trinajstić information content (AvgIpc) is 2.51. The van der Waals surface area contributed by atoms with E-state index in [-0.39, 0.29) is 0 Å². The number of aryl methyl sites for hydroxylation is 1. The Morgan fingerprint density at radius 1 is 1.77 bits per heavy atom. The molecule has 0 aromatic carbocycles. The summed E-state index contributed by atoms with van der Waals surface area (Å²) in [5.74, 6) is 0. The Kier molecular flexibility index (Phi) is 4.73. The van der Waals surface area contributed by atoms with Gasteiger partial charge in [0.1, 0.15) is 5.01 Å². The van der Waals surface area contributed by atoms with Crippen LogP contribution in [0.2, 0.25) is 0 Å². The van der Waals surface area contributed by atoms with E-state index in [1.165, 1.54) is 5.54 Å². The molecule has 0 aliphatic rings. The molecule has 0 saturated carbocycles. The lowest BCUT2D eigenvalue weighted by atomic mass is 10.5. The number of hydrogen-bond donors (Lipinski definition) is 1. The summed E-state index contributed by atoms with van der Waals surface area (Å²) in [6.07, 6.45) is 0. The maximum atomic E-state index is 5.69. The van der Waals surface area contributed by atoms with E-state index >= 15 is 0 Å². The number of halogens is 2. The number of aromatic nitrogens is 1. The number of nitrogens with one attached hydrogen (secondary N) is 1. The van der Waals surface area contributed by atoms with E-state index in [9.17, 15) is 0 Å². The highest BCUT2D eigenvalue weighted by atomic mass is 35.5. The van der Waals surface area contributed by atoms with E-state index in [4.69, 9.17) is 23.2 Å². The van der Waals surface area contributed by atoms with Crippen LogP contribution in [0, 0.1) is 6.92 Å². The van der Waals surface area contributed by atoms with Crippen molar-refractivity contribution in [3.63, 3.8) is 0 Å². The van der Waals surface area contributed by atoms with Crippen LogP contribution in [0.5, 0.6) is 0 Å². The molecule has 1 aromatic rings. The lowest BCUT2D eigenvalue weighted by Crippen LogP contribution is -2.14. The van der Waals surface area contributed by atoms with Crippen molar-refractivity contribution in [3.05, 3.63) is 26.6 Å². The van der Waals surface area contributed by atoms with Gasteiger partial charge in [0, 0.05) is 34.7 Å². The minimum Gasteiger partial charge on any atom is -0.305 e. The first-order chi connectivity index (χ1) is 6.22. The predicted octanol–water partition coefficient (Wildman–Crippen LogP) is 2.86. The Hall–Kier alpha value is -0.0900. The molecule has 5 heteroatoms. The molecule has 0 unspecified atom stereocenters. The van der Waals surface area contributed by atoms with Crippen molar-refractivity contribution in [1.29, 1.82) is 0 Å². The van der Waals surface area contributed by atoms with Crippen LogP contribution in [-0.2, 0) is 6.54 Å². The summed E-state index contributed by atoms with van der Waals surface area (Å²) in [5.41, 5.74) is 2.42. The molecule has 13 heavy (non-hydrogen) atoms. The van der Waals surface area contributed by atoms with Crippen LogP contribution in [0.15, 0.2) is 15.9 Å². The Morgan fingerprint density at radius 3 is 3.08 bits per heavy atom. The monoisotopic (exact) mass is 236 g/mol. The van der Waals surface area contributed by atoms with Crippen molar-refractivity contribution in [2.24, 2.45) is 0 Å². The van der Waals surface area contributed by atoms with Crippen LogP contribution < -0.4 is 5.32 Å². The molecule has 72 valence electrons. The van der Waals surface area contributed by atoms with Crippen LogP contribution >= 0.6 is 34.5 Å². The fourth-order valence-corrected chi connectivity index (χ4v) is 1.72. The summed E-state index contributed by atoms with van der Waals surface area (Å²) in [4.78, 5) is 4.29. The number of thiazole rings is 1. The van der Waals surface area contributed by atoms with Gasteiger partial charge in [0.15, 0.2) is 0 Å². The fourth-order valence-electron chi connectivity index (χ4n) is 0.811. The highest BCUT2D eigenvalue weighted by Gasteiger charge is 1.97. The first kappa shape index (κ1) is 11.0. The Labute approximate surface area is 91.6 Å². The van der Waals surface area contributed by atoms with E-state index in [0.717, 1.165) is 17.2 Å². The molecule has 0 aliphatic heterocycles. The van der Waals surface area contributed by atoms with Gasteiger partial charge in [-0.2, -0.15) is 0 Å². The normalized spacial score (nSPS) is 12.1. The van der Waals surface area contributed by atoms with Crippen LogP contribution in [-0.4, -0.2) is 11.5 Å². The third-order valence-electron chi connectivity index (χ3n) is 1.36. The van der Waals surface area contributed by atoms with Crippen molar-refractivity contribution in [3.8, 4) is 0 Å². The second kappa shape index (κ2) is 5.60. The van der Waals surface area contributed by atoms with Crippen LogP contribution in [0.3, 0.4) is 0 Å². The topological polar surface area (TPSA) is 24.9 Å². The molecule has 0 saturated heterocycles. The maximum Gasteiger partial charge on any atom is 0.107 e. The molecular formula is C8H10Cl2N2S. The molecular weight excluding hydrogens is 227 g/mol. The number of rotatable bonds is 4. The maximum absolute atomic E-state index is 5.69. The van der Waals surface area contributed by atoms with Gasteiger partial charge >= 0.3 is 0 Å². The van der Waals surface area contributed by atoms with Crippen molar-refractivity contribution in [2.45, 2.75) is 13.5 Å². The zero-order valence-corrected chi connectivity index (χ0v) is 9.51. The Balaban J connectivity index is 2.28. The third kappa shape index (κ3) is 4.09. The Morgan fingerprint density at radius 2 is 2.54 bits per heavy atom. The minimum absolute atomic E-state index is 0.587. The van der Waals surface area contributed by atoms with Gasteiger partial charge < -0.3 is 5.32 Å². The summed E-state index contributed by atoms with van der Waals surface area (Å²) >= 11 is 12.7. The minimum atomic E-state index is 0.587. The molecule has 0 atom stereocenters. The Bertz CT molecular complexity index is 296. The molecule has 2 nitrogen and oxygen atoms in total. The highest BCUT2D eigenvalue weighted by molar-refractivity contribution is 7.09. The third-order valence-corrected chi connectivity index (χ3v) is 2.94. The zero-order valence-electron chi connectivity index (χ0n) is 7.18. The highest BCUT2D eigenvalue weighted by Crippen LogP contribution is 2.08. The van der Waals surface area contributed by atoms with E-state index < -0.39 is 0 Å². The summed E-state index contributed by atoms with van der Waals surface area (Å²) in [5, 5.41) is 6.83. The quantitative estimate of drug-likeness (QED) is 0.870. The second-order valence-electron chi connectivity index (χ2n) is 2.54. The van der Waals surface area contributed by atoms with Gasteiger partial charge in [-0.3, -0.25) is 0 Å². The predicted molar refractivity (Wildman–Crippen MR) is 58.3 cm³/mol. The lowest BCUT2D eigenvalue weighted by Gasteiger charge is -1.99. The van der Waals surface area contributed by atoms with Crippen molar-refractivity contribution >= 4 is 34.5 Å². The molecule has 1 heterocycles.